The van der Waals surface area contributed by atoms with Gasteiger partial charge in [0.2, 0.25) is 0 Å². The van der Waals surface area contributed by atoms with E-state index in [1.807, 2.05) is 12.1 Å². The number of carbonyl (C=O) groups is 1. The van der Waals surface area contributed by atoms with Crippen molar-refractivity contribution in [2.24, 2.45) is 10.7 Å². The van der Waals surface area contributed by atoms with Gasteiger partial charge in [0, 0.05) is 13.1 Å². The van der Waals surface area contributed by atoms with E-state index in [4.69, 9.17) is 10.5 Å². The lowest BCUT2D eigenvalue weighted by Gasteiger charge is -2.27. The number of likely N-dealkylation sites (tertiary alicyclic amines) is 1. The molecule has 0 radical (unpaired) electrons. The van der Waals surface area contributed by atoms with Gasteiger partial charge in [-0.1, -0.05) is 12.1 Å². The van der Waals surface area contributed by atoms with Gasteiger partial charge in [0.05, 0.1) is 18.7 Å². The van der Waals surface area contributed by atoms with E-state index in [0.717, 1.165) is 18.7 Å². The van der Waals surface area contributed by atoms with Crippen molar-refractivity contribution in [3.63, 3.8) is 0 Å². The van der Waals surface area contributed by atoms with Gasteiger partial charge in [-0.2, -0.15) is 0 Å². The Bertz CT molecular complexity index is 497. The highest BCUT2D eigenvalue weighted by atomic mass is 127. The van der Waals surface area contributed by atoms with Gasteiger partial charge in [0.15, 0.2) is 5.96 Å². The number of aliphatic imine (C=N–C) groups is 1. The molecule has 0 saturated carbocycles. The maximum atomic E-state index is 11.6. The average Bonchev–Trinajstić information content (AvgIpc) is 2.54. The molecule has 1 aliphatic heterocycles. The van der Waals surface area contributed by atoms with Crippen molar-refractivity contribution in [3.05, 3.63) is 35.4 Å². The predicted molar refractivity (Wildman–Crippen MR) is 98.6 cm³/mol. The van der Waals surface area contributed by atoms with Crippen LogP contribution in [0.2, 0.25) is 0 Å². The second-order valence-electron chi connectivity index (χ2n) is 5.14. The molecule has 0 bridgehead atoms. The monoisotopic (exact) mass is 417 g/mol. The lowest BCUT2D eigenvalue weighted by molar-refractivity contribution is 0.0526. The highest BCUT2D eigenvalue weighted by Crippen LogP contribution is 2.10. The molecule has 122 valence electrons. The molecule has 0 spiro atoms. The van der Waals surface area contributed by atoms with Crippen LogP contribution in [0.4, 0.5) is 0 Å². The van der Waals surface area contributed by atoms with Gasteiger partial charge in [0.25, 0.3) is 0 Å². The first-order chi connectivity index (χ1) is 10.2. The Kier molecular flexibility index (Phi) is 8.22. The highest BCUT2D eigenvalue weighted by molar-refractivity contribution is 14.0. The Labute approximate surface area is 148 Å². The Balaban J connectivity index is 0.00000242. The summed E-state index contributed by atoms with van der Waals surface area (Å²) in [5.74, 6) is 0.324. The van der Waals surface area contributed by atoms with Crippen molar-refractivity contribution in [1.29, 1.82) is 0 Å². The molecule has 0 aliphatic carbocycles. The molecule has 0 aromatic heterocycles. The second kappa shape index (κ2) is 9.66. The van der Waals surface area contributed by atoms with Gasteiger partial charge in [-0.15, -0.1) is 24.0 Å². The number of hydrogen-bond donors (Lipinski definition) is 1. The summed E-state index contributed by atoms with van der Waals surface area (Å²) in [4.78, 5) is 18.1. The van der Waals surface area contributed by atoms with E-state index in [1.165, 1.54) is 19.3 Å². The van der Waals surface area contributed by atoms with Gasteiger partial charge >= 0.3 is 5.97 Å². The molecule has 0 unspecified atom stereocenters. The van der Waals surface area contributed by atoms with E-state index in [2.05, 4.69) is 9.89 Å². The van der Waals surface area contributed by atoms with Crippen LogP contribution in [-0.2, 0) is 11.3 Å². The van der Waals surface area contributed by atoms with Crippen molar-refractivity contribution in [2.45, 2.75) is 32.7 Å². The molecule has 1 heterocycles. The number of piperidine rings is 1. The number of nitrogens with two attached hydrogens (primary N) is 1. The minimum absolute atomic E-state index is 0. The number of nitrogens with zero attached hydrogens (tertiary/aromatic N) is 2. The summed E-state index contributed by atoms with van der Waals surface area (Å²) in [5, 5.41) is 0. The molecular weight excluding hydrogens is 393 g/mol. The average molecular weight is 417 g/mol. The molecule has 1 fully saturated rings. The van der Waals surface area contributed by atoms with Crippen molar-refractivity contribution < 1.29 is 9.53 Å². The van der Waals surface area contributed by atoms with E-state index in [1.54, 1.807) is 19.1 Å². The Morgan fingerprint density at radius 3 is 2.45 bits per heavy atom. The fraction of sp³-hybridized carbons (Fsp3) is 0.500. The second-order valence-corrected chi connectivity index (χ2v) is 5.14. The van der Waals surface area contributed by atoms with Crippen LogP contribution < -0.4 is 5.73 Å². The Morgan fingerprint density at radius 2 is 1.86 bits per heavy atom. The van der Waals surface area contributed by atoms with Gasteiger partial charge in [0.1, 0.15) is 0 Å². The van der Waals surface area contributed by atoms with E-state index < -0.39 is 0 Å². The van der Waals surface area contributed by atoms with E-state index in [-0.39, 0.29) is 29.9 Å². The van der Waals surface area contributed by atoms with Crippen LogP contribution in [0.5, 0.6) is 0 Å². The number of carbonyl (C=O) groups excluding carboxylic acids is 1. The molecule has 0 atom stereocenters. The SMILES string of the molecule is CCOC(=O)c1ccc(CN=C(N)N2CCCCC2)cc1.I. The lowest BCUT2D eigenvalue weighted by atomic mass is 10.1. The van der Waals surface area contributed by atoms with Gasteiger partial charge in [-0.25, -0.2) is 9.79 Å². The predicted octanol–water partition coefficient (Wildman–Crippen LogP) is 2.78. The van der Waals surface area contributed by atoms with Crippen LogP contribution in [0.25, 0.3) is 0 Å². The van der Waals surface area contributed by atoms with Crippen LogP contribution in [-0.4, -0.2) is 36.5 Å². The fourth-order valence-electron chi connectivity index (χ4n) is 2.36. The number of benzene rings is 1. The minimum Gasteiger partial charge on any atom is -0.462 e. The summed E-state index contributed by atoms with van der Waals surface area (Å²) in [5.41, 5.74) is 7.61. The molecule has 6 heteroatoms. The third-order valence-electron chi connectivity index (χ3n) is 3.57. The molecule has 1 aromatic carbocycles. The van der Waals surface area contributed by atoms with E-state index >= 15 is 0 Å². The summed E-state index contributed by atoms with van der Waals surface area (Å²) in [6, 6.07) is 7.30. The van der Waals surface area contributed by atoms with Crippen molar-refractivity contribution in [2.75, 3.05) is 19.7 Å². The standard InChI is InChI=1S/C16H23N3O2.HI/c1-2-21-15(20)14-8-6-13(7-9-14)12-18-16(17)19-10-4-3-5-11-19;/h6-9H,2-5,10-12H2,1H3,(H2,17,18);1H. The van der Waals surface area contributed by atoms with E-state index in [9.17, 15) is 4.79 Å². The minimum atomic E-state index is -0.291. The summed E-state index contributed by atoms with van der Waals surface area (Å²) >= 11 is 0. The number of halogens is 1. The summed E-state index contributed by atoms with van der Waals surface area (Å²) in [6.45, 7) is 4.71. The molecule has 22 heavy (non-hydrogen) atoms. The summed E-state index contributed by atoms with van der Waals surface area (Å²) in [6.07, 6.45) is 3.65. The van der Waals surface area contributed by atoms with Crippen molar-refractivity contribution in [3.8, 4) is 0 Å². The number of hydrogen-bond acceptors (Lipinski definition) is 3. The molecule has 1 saturated heterocycles. The zero-order valence-corrected chi connectivity index (χ0v) is 15.3. The molecule has 1 aliphatic rings. The molecule has 1 aromatic rings. The number of ether oxygens (including phenoxy) is 1. The quantitative estimate of drug-likeness (QED) is 0.354. The first kappa shape index (κ1) is 18.7. The maximum Gasteiger partial charge on any atom is 0.338 e. The normalized spacial score (nSPS) is 15.1. The molecular formula is C16H24IN3O2. The van der Waals surface area contributed by atoms with Crippen LogP contribution in [0, 0.1) is 0 Å². The molecule has 5 nitrogen and oxygen atoms in total. The number of rotatable bonds is 4. The summed E-state index contributed by atoms with van der Waals surface area (Å²) in [7, 11) is 0. The van der Waals surface area contributed by atoms with Crippen LogP contribution in [0.1, 0.15) is 42.1 Å². The largest absolute Gasteiger partial charge is 0.462 e. The van der Waals surface area contributed by atoms with Crippen LogP contribution >= 0.6 is 24.0 Å². The third-order valence-corrected chi connectivity index (χ3v) is 3.57. The number of guanidine groups is 1. The molecule has 2 rings (SSSR count). The summed E-state index contributed by atoms with van der Waals surface area (Å²) < 4.78 is 4.95. The van der Waals surface area contributed by atoms with Gasteiger partial charge < -0.3 is 15.4 Å². The topological polar surface area (TPSA) is 67.9 Å². The van der Waals surface area contributed by atoms with Gasteiger partial charge in [-0.05, 0) is 43.9 Å². The first-order valence-corrected chi connectivity index (χ1v) is 7.51. The van der Waals surface area contributed by atoms with Crippen LogP contribution in [0.3, 0.4) is 0 Å². The molecule has 0 amide bonds. The molecule has 2 N–H and O–H groups in total. The smallest absolute Gasteiger partial charge is 0.338 e. The highest BCUT2D eigenvalue weighted by Gasteiger charge is 2.11. The first-order valence-electron chi connectivity index (χ1n) is 7.51. The zero-order valence-electron chi connectivity index (χ0n) is 13.0. The fourth-order valence-corrected chi connectivity index (χ4v) is 2.36. The Hall–Kier alpha value is -1.31. The van der Waals surface area contributed by atoms with E-state index in [0.29, 0.717) is 24.7 Å². The van der Waals surface area contributed by atoms with Gasteiger partial charge in [-0.3, -0.25) is 0 Å². The number of esters is 1. The van der Waals surface area contributed by atoms with Crippen LogP contribution in [0.15, 0.2) is 29.3 Å². The lowest BCUT2D eigenvalue weighted by Crippen LogP contribution is -2.40. The van der Waals surface area contributed by atoms with Crippen molar-refractivity contribution >= 4 is 35.9 Å². The zero-order chi connectivity index (χ0) is 15.1. The Morgan fingerprint density at radius 1 is 1.23 bits per heavy atom. The van der Waals surface area contributed by atoms with Crippen molar-refractivity contribution in [1.82, 2.24) is 4.90 Å². The maximum absolute atomic E-state index is 11.6. The third kappa shape index (κ3) is 5.47.